The smallest absolute Gasteiger partial charge is 0.239 e. The predicted octanol–water partition coefficient (Wildman–Crippen LogP) is 1.10. The number of nitrogens with two attached hydrogens (primary N) is 1. The monoisotopic (exact) mass is 295 g/mol. The van der Waals surface area contributed by atoms with Gasteiger partial charge < -0.3 is 16.4 Å². The quantitative estimate of drug-likeness (QED) is 0.735. The van der Waals surface area contributed by atoms with Crippen LogP contribution in [0.4, 0.5) is 4.39 Å². The standard InChI is InChI=1S/C15H22FN3O2/c1-9(2)14(17)15(21)18-8-13(20)19-10(3)11-5-4-6-12(16)7-11/h4-7,9-10,14H,8,17H2,1-3H3,(H,18,21)(H,19,20)/t10-,14-/m0/s1. The molecule has 1 rings (SSSR count). The molecule has 2 atom stereocenters. The van der Waals surface area contributed by atoms with Crippen molar-refractivity contribution in [2.45, 2.75) is 32.9 Å². The van der Waals surface area contributed by atoms with E-state index in [1.807, 2.05) is 13.8 Å². The molecule has 0 spiro atoms. The van der Waals surface area contributed by atoms with Gasteiger partial charge in [0.15, 0.2) is 0 Å². The second-order valence-corrected chi connectivity index (χ2v) is 5.33. The first-order valence-electron chi connectivity index (χ1n) is 6.89. The number of carbonyl (C=O) groups is 2. The summed E-state index contributed by atoms with van der Waals surface area (Å²) in [5, 5.41) is 5.17. The lowest BCUT2D eigenvalue weighted by molar-refractivity contribution is -0.127. The summed E-state index contributed by atoms with van der Waals surface area (Å²) in [6, 6.07) is 5.02. The van der Waals surface area contributed by atoms with E-state index in [2.05, 4.69) is 10.6 Å². The van der Waals surface area contributed by atoms with E-state index in [0.29, 0.717) is 5.56 Å². The highest BCUT2D eigenvalue weighted by Crippen LogP contribution is 2.12. The number of halogens is 1. The number of hydrogen-bond donors (Lipinski definition) is 3. The maximum absolute atomic E-state index is 13.1. The number of carbonyl (C=O) groups excluding carboxylic acids is 2. The van der Waals surface area contributed by atoms with Crippen molar-refractivity contribution >= 4 is 11.8 Å². The molecule has 0 bridgehead atoms. The number of hydrogen-bond acceptors (Lipinski definition) is 3. The highest BCUT2D eigenvalue weighted by molar-refractivity contribution is 5.87. The largest absolute Gasteiger partial charge is 0.348 e. The molecule has 0 unspecified atom stereocenters. The molecule has 1 aromatic carbocycles. The molecule has 1 aromatic rings. The summed E-state index contributed by atoms with van der Waals surface area (Å²) in [5.41, 5.74) is 6.33. The highest BCUT2D eigenvalue weighted by Gasteiger charge is 2.18. The van der Waals surface area contributed by atoms with Gasteiger partial charge in [-0.25, -0.2) is 4.39 Å². The molecule has 0 saturated carbocycles. The third kappa shape index (κ3) is 5.51. The van der Waals surface area contributed by atoms with Gasteiger partial charge in [-0.2, -0.15) is 0 Å². The molecule has 0 radical (unpaired) electrons. The van der Waals surface area contributed by atoms with E-state index in [1.54, 1.807) is 19.1 Å². The predicted molar refractivity (Wildman–Crippen MR) is 78.8 cm³/mol. The van der Waals surface area contributed by atoms with Crippen LogP contribution in [0.2, 0.25) is 0 Å². The molecule has 0 aliphatic rings. The Labute approximate surface area is 124 Å². The molecule has 0 aliphatic heterocycles. The summed E-state index contributed by atoms with van der Waals surface area (Å²) in [5.74, 6) is -1.07. The van der Waals surface area contributed by atoms with Gasteiger partial charge >= 0.3 is 0 Å². The van der Waals surface area contributed by atoms with Crippen LogP contribution in [0.5, 0.6) is 0 Å². The minimum atomic E-state index is -0.640. The zero-order valence-corrected chi connectivity index (χ0v) is 12.5. The highest BCUT2D eigenvalue weighted by atomic mass is 19.1. The molecule has 5 nitrogen and oxygen atoms in total. The zero-order chi connectivity index (χ0) is 16.0. The van der Waals surface area contributed by atoms with Crippen molar-refractivity contribution in [3.63, 3.8) is 0 Å². The summed E-state index contributed by atoms with van der Waals surface area (Å²) < 4.78 is 13.1. The van der Waals surface area contributed by atoms with Crippen LogP contribution in [0, 0.1) is 11.7 Å². The van der Waals surface area contributed by atoms with Crippen molar-refractivity contribution in [2.75, 3.05) is 6.54 Å². The fraction of sp³-hybridized carbons (Fsp3) is 0.467. The fourth-order valence-corrected chi connectivity index (χ4v) is 1.74. The van der Waals surface area contributed by atoms with E-state index in [4.69, 9.17) is 5.73 Å². The zero-order valence-electron chi connectivity index (χ0n) is 12.5. The van der Waals surface area contributed by atoms with Crippen molar-refractivity contribution in [3.8, 4) is 0 Å². The van der Waals surface area contributed by atoms with Crippen molar-refractivity contribution < 1.29 is 14.0 Å². The molecule has 6 heteroatoms. The molecular formula is C15H22FN3O2. The van der Waals surface area contributed by atoms with Gasteiger partial charge in [0.2, 0.25) is 11.8 Å². The summed E-state index contributed by atoms with van der Waals surface area (Å²) in [7, 11) is 0. The Morgan fingerprint density at radius 2 is 1.95 bits per heavy atom. The Morgan fingerprint density at radius 1 is 1.29 bits per heavy atom. The minimum absolute atomic E-state index is 0.000668. The molecular weight excluding hydrogens is 273 g/mol. The third-order valence-electron chi connectivity index (χ3n) is 3.17. The van der Waals surface area contributed by atoms with Gasteiger partial charge in [-0.05, 0) is 30.5 Å². The number of amides is 2. The first-order chi connectivity index (χ1) is 9.81. The van der Waals surface area contributed by atoms with Gasteiger partial charge in [0.05, 0.1) is 18.6 Å². The van der Waals surface area contributed by atoms with Crippen LogP contribution in [-0.4, -0.2) is 24.4 Å². The van der Waals surface area contributed by atoms with Crippen LogP contribution in [-0.2, 0) is 9.59 Å². The Morgan fingerprint density at radius 3 is 2.52 bits per heavy atom. The van der Waals surface area contributed by atoms with Gasteiger partial charge in [-0.15, -0.1) is 0 Å². The average Bonchev–Trinajstić information content (AvgIpc) is 2.43. The number of benzene rings is 1. The lowest BCUT2D eigenvalue weighted by atomic mass is 10.1. The molecule has 2 amide bonds. The van der Waals surface area contributed by atoms with Crippen LogP contribution in [0.15, 0.2) is 24.3 Å². The maximum atomic E-state index is 13.1. The van der Waals surface area contributed by atoms with E-state index in [-0.39, 0.29) is 36.1 Å². The number of rotatable bonds is 6. The lowest BCUT2D eigenvalue weighted by Crippen LogP contribution is -2.47. The summed E-state index contributed by atoms with van der Waals surface area (Å²) >= 11 is 0. The molecule has 0 aliphatic carbocycles. The van der Waals surface area contributed by atoms with E-state index in [1.165, 1.54) is 12.1 Å². The normalized spacial score (nSPS) is 13.6. The lowest BCUT2D eigenvalue weighted by Gasteiger charge is -2.17. The SMILES string of the molecule is CC(C)[C@H](N)C(=O)NCC(=O)N[C@@H](C)c1cccc(F)c1. The first-order valence-corrected chi connectivity index (χ1v) is 6.89. The van der Waals surface area contributed by atoms with E-state index in [9.17, 15) is 14.0 Å². The van der Waals surface area contributed by atoms with Crippen LogP contribution in [0.25, 0.3) is 0 Å². The fourth-order valence-electron chi connectivity index (χ4n) is 1.74. The Bertz CT molecular complexity index is 505. The Balaban J connectivity index is 2.45. The molecule has 21 heavy (non-hydrogen) atoms. The van der Waals surface area contributed by atoms with Gasteiger partial charge in [0, 0.05) is 0 Å². The van der Waals surface area contributed by atoms with Crippen molar-refractivity contribution in [3.05, 3.63) is 35.6 Å². The van der Waals surface area contributed by atoms with Crippen molar-refractivity contribution in [1.29, 1.82) is 0 Å². The molecule has 0 heterocycles. The molecule has 116 valence electrons. The van der Waals surface area contributed by atoms with Crippen LogP contribution in [0.1, 0.15) is 32.4 Å². The second kappa shape index (κ2) is 7.73. The van der Waals surface area contributed by atoms with Gasteiger partial charge in [-0.1, -0.05) is 26.0 Å². The first kappa shape index (κ1) is 17.1. The van der Waals surface area contributed by atoms with Gasteiger partial charge in [-0.3, -0.25) is 9.59 Å². The van der Waals surface area contributed by atoms with E-state index < -0.39 is 6.04 Å². The summed E-state index contributed by atoms with van der Waals surface area (Å²) in [6.45, 7) is 5.25. The second-order valence-electron chi connectivity index (χ2n) is 5.33. The van der Waals surface area contributed by atoms with E-state index >= 15 is 0 Å². The third-order valence-corrected chi connectivity index (χ3v) is 3.17. The number of nitrogens with one attached hydrogen (secondary N) is 2. The summed E-state index contributed by atoms with van der Waals surface area (Å²) in [4.78, 5) is 23.4. The molecule has 0 fully saturated rings. The van der Waals surface area contributed by atoms with E-state index in [0.717, 1.165) is 0 Å². The van der Waals surface area contributed by atoms with Crippen molar-refractivity contribution in [2.24, 2.45) is 11.7 Å². The summed E-state index contributed by atoms with van der Waals surface area (Å²) in [6.07, 6.45) is 0. The Hall–Kier alpha value is -1.95. The molecule has 0 aromatic heterocycles. The maximum Gasteiger partial charge on any atom is 0.239 e. The minimum Gasteiger partial charge on any atom is -0.348 e. The van der Waals surface area contributed by atoms with Gasteiger partial charge in [0.1, 0.15) is 5.82 Å². The van der Waals surface area contributed by atoms with Crippen LogP contribution in [0.3, 0.4) is 0 Å². The Kier molecular flexibility index (Phi) is 6.30. The topological polar surface area (TPSA) is 84.2 Å². The molecule has 0 saturated heterocycles. The van der Waals surface area contributed by atoms with Crippen LogP contribution < -0.4 is 16.4 Å². The average molecular weight is 295 g/mol. The van der Waals surface area contributed by atoms with Crippen molar-refractivity contribution in [1.82, 2.24) is 10.6 Å². The van der Waals surface area contributed by atoms with Crippen LogP contribution >= 0.6 is 0 Å². The molecule has 4 N–H and O–H groups in total. The van der Waals surface area contributed by atoms with Gasteiger partial charge in [0.25, 0.3) is 0 Å².